The number of nitrogens with one attached hydrogen (secondary N) is 1. The fraction of sp³-hybridized carbons (Fsp3) is 0.368. The van der Waals surface area contributed by atoms with Crippen LogP contribution < -0.4 is 5.32 Å². The zero-order valence-corrected chi connectivity index (χ0v) is 14.6. The summed E-state index contributed by atoms with van der Waals surface area (Å²) in [6, 6.07) is 10.8. The Morgan fingerprint density at radius 1 is 1.28 bits per heavy atom. The maximum absolute atomic E-state index is 12.9. The van der Waals surface area contributed by atoms with E-state index in [1.165, 1.54) is 0 Å². The van der Waals surface area contributed by atoms with Gasteiger partial charge in [-0.1, -0.05) is 24.3 Å². The van der Waals surface area contributed by atoms with Crippen LogP contribution in [0.2, 0.25) is 0 Å². The van der Waals surface area contributed by atoms with Gasteiger partial charge in [-0.15, -0.1) is 11.3 Å². The van der Waals surface area contributed by atoms with Crippen molar-refractivity contribution in [3.8, 4) is 0 Å². The van der Waals surface area contributed by atoms with E-state index < -0.39 is 6.04 Å². The van der Waals surface area contributed by atoms with E-state index >= 15 is 0 Å². The van der Waals surface area contributed by atoms with Crippen molar-refractivity contribution in [2.24, 2.45) is 0 Å². The first-order valence-electron chi connectivity index (χ1n) is 8.55. The van der Waals surface area contributed by atoms with Gasteiger partial charge in [-0.3, -0.25) is 9.59 Å². The summed E-state index contributed by atoms with van der Waals surface area (Å²) >= 11 is 1.59. The van der Waals surface area contributed by atoms with Gasteiger partial charge >= 0.3 is 0 Å². The van der Waals surface area contributed by atoms with Crippen molar-refractivity contribution in [1.82, 2.24) is 10.2 Å². The minimum absolute atomic E-state index is 0.0822. The number of rotatable bonds is 5. The summed E-state index contributed by atoms with van der Waals surface area (Å²) in [5, 5.41) is 4.96. The molecule has 1 N–H and O–H groups in total. The Balaban J connectivity index is 1.56. The van der Waals surface area contributed by atoms with Crippen molar-refractivity contribution in [2.45, 2.75) is 31.5 Å². The van der Waals surface area contributed by atoms with Gasteiger partial charge in [0, 0.05) is 23.6 Å². The van der Waals surface area contributed by atoms with Crippen LogP contribution in [0.3, 0.4) is 0 Å². The largest absolute Gasteiger partial charge is 0.376 e. The number of nitrogens with zero attached hydrogens (tertiary/aromatic N) is 1. The Labute approximate surface area is 150 Å². The van der Waals surface area contributed by atoms with Gasteiger partial charge in [0.15, 0.2) is 0 Å². The number of hydrogen-bond donors (Lipinski definition) is 1. The lowest BCUT2D eigenvalue weighted by Gasteiger charge is -2.24. The molecule has 0 saturated carbocycles. The van der Waals surface area contributed by atoms with Crippen LogP contribution in [0.1, 0.15) is 39.7 Å². The van der Waals surface area contributed by atoms with E-state index in [2.05, 4.69) is 5.32 Å². The summed E-state index contributed by atoms with van der Waals surface area (Å²) < 4.78 is 5.58. The number of thiophene rings is 1. The molecular formula is C19H20N2O3S. The molecule has 1 saturated heterocycles. The molecule has 2 aliphatic heterocycles. The fourth-order valence-corrected chi connectivity index (χ4v) is 4.21. The first-order chi connectivity index (χ1) is 12.2. The van der Waals surface area contributed by atoms with Gasteiger partial charge in [-0.05, 0) is 35.9 Å². The number of carbonyl (C=O) groups excluding carboxylic acids is 2. The van der Waals surface area contributed by atoms with Crippen molar-refractivity contribution >= 4 is 23.2 Å². The topological polar surface area (TPSA) is 58.6 Å². The normalized spacial score (nSPS) is 22.2. The van der Waals surface area contributed by atoms with Gasteiger partial charge in [0.25, 0.3) is 5.91 Å². The fourth-order valence-electron chi connectivity index (χ4n) is 3.50. The Bertz CT molecular complexity index is 769. The van der Waals surface area contributed by atoms with Crippen LogP contribution in [-0.2, 0) is 16.1 Å². The lowest BCUT2D eigenvalue weighted by Crippen LogP contribution is -2.41. The monoisotopic (exact) mass is 356 g/mol. The molecule has 1 aromatic carbocycles. The number of hydrogen-bond acceptors (Lipinski definition) is 4. The third-order valence-electron chi connectivity index (χ3n) is 4.74. The molecule has 1 aromatic heterocycles. The molecule has 25 heavy (non-hydrogen) atoms. The third kappa shape index (κ3) is 3.19. The van der Waals surface area contributed by atoms with Crippen LogP contribution in [0.4, 0.5) is 0 Å². The van der Waals surface area contributed by atoms with Crippen molar-refractivity contribution in [2.75, 3.05) is 13.2 Å². The second-order valence-corrected chi connectivity index (χ2v) is 7.41. The predicted octanol–water partition coefficient (Wildman–Crippen LogP) is 2.74. The van der Waals surface area contributed by atoms with Gasteiger partial charge in [0.05, 0.1) is 12.6 Å². The molecule has 0 spiro atoms. The maximum Gasteiger partial charge on any atom is 0.255 e. The van der Waals surface area contributed by atoms with Crippen molar-refractivity contribution < 1.29 is 14.3 Å². The Kier molecular flexibility index (Phi) is 4.55. The van der Waals surface area contributed by atoms with E-state index in [1.54, 1.807) is 22.3 Å². The van der Waals surface area contributed by atoms with Crippen LogP contribution in [0, 0.1) is 0 Å². The Morgan fingerprint density at radius 2 is 2.16 bits per heavy atom. The highest BCUT2D eigenvalue weighted by Gasteiger charge is 2.41. The molecule has 2 aromatic rings. The standard InChI is InChI=1S/C19H20N2O3S/c22-18(20-11-13-5-3-9-24-13)17-15-7-1-2-8-16(15)19(23)21(17)12-14-6-4-10-25-14/h1-2,4,6-8,10,13,17H,3,5,9,11-12H2,(H,20,22)/t13-,17-/m1/s1. The highest BCUT2D eigenvalue weighted by Crippen LogP contribution is 2.35. The Hall–Kier alpha value is -2.18. The highest BCUT2D eigenvalue weighted by molar-refractivity contribution is 7.09. The number of carbonyl (C=O) groups is 2. The summed E-state index contributed by atoms with van der Waals surface area (Å²) in [6.45, 7) is 1.71. The summed E-state index contributed by atoms with van der Waals surface area (Å²) in [5.74, 6) is -0.216. The van der Waals surface area contributed by atoms with Crippen molar-refractivity contribution in [3.05, 3.63) is 57.8 Å². The molecule has 3 heterocycles. The van der Waals surface area contributed by atoms with Crippen molar-refractivity contribution in [1.29, 1.82) is 0 Å². The van der Waals surface area contributed by atoms with Crippen molar-refractivity contribution in [3.63, 3.8) is 0 Å². The van der Waals surface area contributed by atoms with E-state index in [1.807, 2.05) is 35.7 Å². The SMILES string of the molecule is O=C(NC[C@H]1CCCO1)[C@H]1c2ccccc2C(=O)N1Cc1cccs1. The number of amides is 2. The first kappa shape index (κ1) is 16.3. The molecule has 0 unspecified atom stereocenters. The van der Waals surface area contributed by atoms with Crippen LogP contribution in [0.5, 0.6) is 0 Å². The predicted molar refractivity (Wildman–Crippen MR) is 95.4 cm³/mol. The molecule has 0 aliphatic carbocycles. The molecular weight excluding hydrogens is 336 g/mol. The molecule has 2 amide bonds. The van der Waals surface area contributed by atoms with Crippen LogP contribution >= 0.6 is 11.3 Å². The third-order valence-corrected chi connectivity index (χ3v) is 5.60. The molecule has 5 nitrogen and oxygen atoms in total. The molecule has 2 aliphatic rings. The summed E-state index contributed by atoms with van der Waals surface area (Å²) in [7, 11) is 0. The van der Waals surface area contributed by atoms with Crippen LogP contribution in [0.15, 0.2) is 41.8 Å². The minimum Gasteiger partial charge on any atom is -0.376 e. The summed E-state index contributed by atoms with van der Waals surface area (Å²) in [4.78, 5) is 28.5. The van der Waals surface area contributed by atoms with Gasteiger partial charge in [0.2, 0.25) is 5.91 Å². The molecule has 130 valence electrons. The van der Waals surface area contributed by atoms with E-state index in [9.17, 15) is 9.59 Å². The van der Waals surface area contributed by atoms with E-state index in [0.717, 1.165) is 29.9 Å². The van der Waals surface area contributed by atoms with E-state index in [-0.39, 0.29) is 17.9 Å². The lowest BCUT2D eigenvalue weighted by atomic mass is 10.0. The van der Waals surface area contributed by atoms with Gasteiger partial charge in [-0.2, -0.15) is 0 Å². The Morgan fingerprint density at radius 3 is 2.92 bits per heavy atom. The van der Waals surface area contributed by atoms with E-state index in [4.69, 9.17) is 4.74 Å². The van der Waals surface area contributed by atoms with Crippen LogP contribution in [-0.4, -0.2) is 36.0 Å². The summed E-state index contributed by atoms with van der Waals surface area (Å²) in [6.07, 6.45) is 2.09. The quantitative estimate of drug-likeness (QED) is 0.896. The lowest BCUT2D eigenvalue weighted by molar-refractivity contribution is -0.126. The molecule has 2 atom stereocenters. The number of ether oxygens (including phenoxy) is 1. The maximum atomic E-state index is 12.9. The smallest absolute Gasteiger partial charge is 0.255 e. The molecule has 0 bridgehead atoms. The average Bonchev–Trinajstić information content (AvgIpc) is 3.36. The molecule has 0 radical (unpaired) electrons. The summed E-state index contributed by atoms with van der Waals surface area (Å²) in [5.41, 5.74) is 1.41. The average molecular weight is 356 g/mol. The highest BCUT2D eigenvalue weighted by atomic mass is 32.1. The minimum atomic E-state index is -0.577. The van der Waals surface area contributed by atoms with E-state index in [0.29, 0.717) is 18.7 Å². The second kappa shape index (κ2) is 6.98. The van der Waals surface area contributed by atoms with Gasteiger partial charge in [-0.25, -0.2) is 0 Å². The molecule has 4 rings (SSSR count). The zero-order chi connectivity index (χ0) is 17.2. The second-order valence-electron chi connectivity index (χ2n) is 6.38. The number of benzene rings is 1. The first-order valence-corrected chi connectivity index (χ1v) is 9.43. The molecule has 6 heteroatoms. The number of fused-ring (bicyclic) bond motifs is 1. The molecule has 1 fully saturated rings. The van der Waals surface area contributed by atoms with Crippen LogP contribution in [0.25, 0.3) is 0 Å². The van der Waals surface area contributed by atoms with Gasteiger partial charge < -0.3 is 15.0 Å². The zero-order valence-electron chi connectivity index (χ0n) is 13.8. The van der Waals surface area contributed by atoms with Gasteiger partial charge in [0.1, 0.15) is 6.04 Å².